The molecule has 0 aliphatic heterocycles. The standard InChI is InChI=1S/C24H20N4O2S/c1-14-8-9-19(15(2)10-14)27-22(29)21-16(3)20-23(31-21)26-13-28(24(20)30)12-18-7-5-4-6-17(18)11-25/h4-10,13H,12H2,1-3H3,(H,27,29). The molecule has 2 aromatic heterocycles. The van der Waals surface area contributed by atoms with Gasteiger partial charge in [-0.1, -0.05) is 35.9 Å². The topological polar surface area (TPSA) is 87.8 Å². The van der Waals surface area contributed by atoms with Crippen molar-refractivity contribution in [1.82, 2.24) is 9.55 Å². The molecule has 4 aromatic rings. The molecular formula is C24H20N4O2S. The van der Waals surface area contributed by atoms with Crippen molar-refractivity contribution in [2.24, 2.45) is 0 Å². The first-order valence-electron chi connectivity index (χ1n) is 9.74. The number of benzene rings is 2. The molecule has 154 valence electrons. The largest absolute Gasteiger partial charge is 0.321 e. The second kappa shape index (κ2) is 8.17. The van der Waals surface area contributed by atoms with E-state index in [2.05, 4.69) is 16.4 Å². The molecule has 1 N–H and O–H groups in total. The van der Waals surface area contributed by atoms with Crippen LogP contribution in [-0.2, 0) is 6.54 Å². The molecule has 4 rings (SSSR count). The van der Waals surface area contributed by atoms with Crippen molar-refractivity contribution in [2.75, 3.05) is 5.32 Å². The summed E-state index contributed by atoms with van der Waals surface area (Å²) in [5, 5.41) is 12.7. The van der Waals surface area contributed by atoms with Gasteiger partial charge in [-0.3, -0.25) is 14.2 Å². The molecule has 2 heterocycles. The average Bonchev–Trinajstić information content (AvgIpc) is 3.09. The van der Waals surface area contributed by atoms with Gasteiger partial charge in [-0.2, -0.15) is 5.26 Å². The van der Waals surface area contributed by atoms with Crippen LogP contribution in [0.1, 0.15) is 37.5 Å². The zero-order valence-electron chi connectivity index (χ0n) is 17.4. The zero-order chi connectivity index (χ0) is 22.1. The quantitative estimate of drug-likeness (QED) is 0.516. The number of hydrogen-bond acceptors (Lipinski definition) is 5. The summed E-state index contributed by atoms with van der Waals surface area (Å²) >= 11 is 1.21. The van der Waals surface area contributed by atoms with Crippen molar-refractivity contribution in [3.63, 3.8) is 0 Å². The van der Waals surface area contributed by atoms with Crippen molar-refractivity contribution in [2.45, 2.75) is 27.3 Å². The summed E-state index contributed by atoms with van der Waals surface area (Å²) in [6.07, 6.45) is 1.47. The van der Waals surface area contributed by atoms with Crippen molar-refractivity contribution in [3.05, 3.63) is 91.8 Å². The Balaban J connectivity index is 1.71. The van der Waals surface area contributed by atoms with Crippen LogP contribution in [0.25, 0.3) is 10.2 Å². The summed E-state index contributed by atoms with van der Waals surface area (Å²) in [5.41, 5.74) is 4.49. The van der Waals surface area contributed by atoms with Gasteiger partial charge in [0.1, 0.15) is 4.83 Å². The first-order chi connectivity index (χ1) is 14.9. The van der Waals surface area contributed by atoms with Gasteiger partial charge in [0.2, 0.25) is 0 Å². The highest BCUT2D eigenvalue weighted by molar-refractivity contribution is 7.20. The molecule has 0 saturated heterocycles. The molecule has 0 bridgehead atoms. The summed E-state index contributed by atoms with van der Waals surface area (Å²) in [4.78, 5) is 31.5. The van der Waals surface area contributed by atoms with Crippen LogP contribution in [0.2, 0.25) is 0 Å². The lowest BCUT2D eigenvalue weighted by atomic mass is 10.1. The van der Waals surface area contributed by atoms with Gasteiger partial charge in [0.25, 0.3) is 11.5 Å². The van der Waals surface area contributed by atoms with Gasteiger partial charge in [0, 0.05) is 5.69 Å². The Hall–Kier alpha value is -3.76. The predicted molar refractivity (Wildman–Crippen MR) is 123 cm³/mol. The van der Waals surface area contributed by atoms with Crippen molar-refractivity contribution in [3.8, 4) is 6.07 Å². The number of fused-ring (bicyclic) bond motifs is 1. The number of carbonyl (C=O) groups is 1. The fourth-order valence-corrected chi connectivity index (χ4v) is 4.61. The van der Waals surface area contributed by atoms with Gasteiger partial charge >= 0.3 is 0 Å². The Kier molecular flexibility index (Phi) is 5.40. The number of anilines is 1. The van der Waals surface area contributed by atoms with E-state index >= 15 is 0 Å². The lowest BCUT2D eigenvalue weighted by Crippen LogP contribution is -2.21. The molecule has 1 amide bonds. The number of thiophene rings is 1. The number of aromatic nitrogens is 2. The van der Waals surface area contributed by atoms with Crippen LogP contribution < -0.4 is 10.9 Å². The molecule has 31 heavy (non-hydrogen) atoms. The smallest absolute Gasteiger partial charge is 0.266 e. The van der Waals surface area contributed by atoms with Crippen LogP contribution in [0.4, 0.5) is 5.69 Å². The van der Waals surface area contributed by atoms with Crippen molar-refractivity contribution in [1.29, 1.82) is 5.26 Å². The SMILES string of the molecule is Cc1ccc(NC(=O)c2sc3ncn(Cc4ccccc4C#N)c(=O)c3c2C)c(C)c1. The van der Waals surface area contributed by atoms with E-state index in [-0.39, 0.29) is 18.0 Å². The lowest BCUT2D eigenvalue weighted by Gasteiger charge is -2.08. The molecule has 0 saturated carbocycles. The Morgan fingerprint density at radius 1 is 1.19 bits per heavy atom. The molecule has 0 aliphatic carbocycles. The minimum absolute atomic E-state index is 0.225. The van der Waals surface area contributed by atoms with E-state index in [0.717, 1.165) is 22.4 Å². The van der Waals surface area contributed by atoms with Crippen molar-refractivity contribution >= 4 is 33.1 Å². The monoisotopic (exact) mass is 428 g/mol. The van der Waals surface area contributed by atoms with Crippen LogP contribution in [0.3, 0.4) is 0 Å². The number of nitrogens with zero attached hydrogens (tertiary/aromatic N) is 3. The molecule has 0 radical (unpaired) electrons. The van der Waals surface area contributed by atoms with Gasteiger partial charge in [-0.15, -0.1) is 11.3 Å². The van der Waals surface area contributed by atoms with E-state index in [1.807, 2.05) is 44.2 Å². The summed E-state index contributed by atoms with van der Waals surface area (Å²) in [6, 6.07) is 15.1. The highest BCUT2D eigenvalue weighted by atomic mass is 32.1. The van der Waals surface area contributed by atoms with E-state index in [1.54, 1.807) is 19.1 Å². The molecule has 0 unspecified atom stereocenters. The number of amides is 1. The first kappa shape index (κ1) is 20.5. The maximum atomic E-state index is 13.2. The fraction of sp³-hybridized carbons (Fsp3) is 0.167. The predicted octanol–water partition coefficient (Wildman–Crippen LogP) is 4.56. The van der Waals surface area contributed by atoms with Crippen molar-refractivity contribution < 1.29 is 4.79 Å². The minimum atomic E-state index is -0.256. The fourth-order valence-electron chi connectivity index (χ4n) is 3.57. The Labute approximate surface area is 183 Å². The lowest BCUT2D eigenvalue weighted by molar-refractivity contribution is 0.103. The van der Waals surface area contributed by atoms with Crippen LogP contribution in [0.5, 0.6) is 0 Å². The molecule has 6 nitrogen and oxygen atoms in total. The molecule has 0 aliphatic rings. The van der Waals surface area contributed by atoms with Gasteiger partial charge in [0.05, 0.1) is 34.8 Å². The summed E-state index contributed by atoms with van der Waals surface area (Å²) < 4.78 is 1.48. The van der Waals surface area contributed by atoms with Crippen LogP contribution >= 0.6 is 11.3 Å². The number of aryl methyl sites for hydroxylation is 3. The van der Waals surface area contributed by atoms with E-state index in [4.69, 9.17) is 0 Å². The molecule has 0 spiro atoms. The molecular weight excluding hydrogens is 408 g/mol. The third-order valence-corrected chi connectivity index (χ3v) is 6.43. The second-order valence-electron chi connectivity index (χ2n) is 7.46. The maximum absolute atomic E-state index is 13.2. The van der Waals surface area contributed by atoms with E-state index in [9.17, 15) is 14.9 Å². The number of hydrogen-bond donors (Lipinski definition) is 1. The van der Waals surface area contributed by atoms with Crippen LogP contribution in [0, 0.1) is 32.1 Å². The van der Waals surface area contributed by atoms with Gasteiger partial charge in [-0.25, -0.2) is 4.98 Å². The second-order valence-corrected chi connectivity index (χ2v) is 8.45. The minimum Gasteiger partial charge on any atom is -0.321 e. The highest BCUT2D eigenvalue weighted by Crippen LogP contribution is 2.28. The highest BCUT2D eigenvalue weighted by Gasteiger charge is 2.20. The van der Waals surface area contributed by atoms with Crippen LogP contribution in [0.15, 0.2) is 53.6 Å². The van der Waals surface area contributed by atoms with Gasteiger partial charge in [-0.05, 0) is 49.6 Å². The molecule has 7 heteroatoms. The number of carbonyl (C=O) groups excluding carboxylic acids is 1. The van der Waals surface area contributed by atoms with Gasteiger partial charge < -0.3 is 5.32 Å². The third kappa shape index (κ3) is 3.86. The van der Waals surface area contributed by atoms with Gasteiger partial charge in [0.15, 0.2) is 0 Å². The zero-order valence-corrected chi connectivity index (χ0v) is 18.2. The van der Waals surface area contributed by atoms with E-state index in [0.29, 0.717) is 26.2 Å². The summed E-state index contributed by atoms with van der Waals surface area (Å²) in [5.74, 6) is -0.256. The molecule has 0 fully saturated rings. The Morgan fingerprint density at radius 2 is 1.97 bits per heavy atom. The summed E-state index contributed by atoms with van der Waals surface area (Å²) in [7, 11) is 0. The first-order valence-corrected chi connectivity index (χ1v) is 10.6. The Morgan fingerprint density at radius 3 is 2.71 bits per heavy atom. The molecule has 2 aromatic carbocycles. The average molecular weight is 429 g/mol. The number of rotatable bonds is 4. The Bertz CT molecular complexity index is 1430. The summed E-state index contributed by atoms with van der Waals surface area (Å²) in [6.45, 7) is 5.96. The number of nitrogens with one attached hydrogen (secondary N) is 1. The van der Waals surface area contributed by atoms with E-state index < -0.39 is 0 Å². The molecule has 0 atom stereocenters. The number of nitriles is 1. The maximum Gasteiger partial charge on any atom is 0.266 e. The third-order valence-electron chi connectivity index (χ3n) is 5.23. The van der Waals surface area contributed by atoms with E-state index in [1.165, 1.54) is 22.2 Å². The van der Waals surface area contributed by atoms with Crippen LogP contribution in [-0.4, -0.2) is 15.5 Å². The normalized spacial score (nSPS) is 10.8.